The predicted octanol–water partition coefficient (Wildman–Crippen LogP) is 4.32. The van der Waals surface area contributed by atoms with Gasteiger partial charge in [0.25, 0.3) is 0 Å². The van der Waals surface area contributed by atoms with Gasteiger partial charge >= 0.3 is 6.18 Å². The molecule has 0 spiro atoms. The van der Waals surface area contributed by atoms with Crippen LogP contribution in [0.3, 0.4) is 0 Å². The van der Waals surface area contributed by atoms with Gasteiger partial charge in [-0.15, -0.1) is 5.10 Å². The first-order valence-electron chi connectivity index (χ1n) is 8.81. The van der Waals surface area contributed by atoms with Crippen molar-refractivity contribution < 1.29 is 22.6 Å². The van der Waals surface area contributed by atoms with E-state index in [9.17, 15) is 18.4 Å². The molecule has 30 heavy (non-hydrogen) atoms. The smallest absolute Gasteiger partial charge is 0.416 e. The zero-order valence-electron chi connectivity index (χ0n) is 15.6. The molecule has 0 aliphatic carbocycles. The molecule has 1 aliphatic heterocycles. The highest BCUT2D eigenvalue weighted by atomic mass is 19.4. The maximum Gasteiger partial charge on any atom is 0.416 e. The van der Waals surface area contributed by atoms with Gasteiger partial charge in [0.2, 0.25) is 11.8 Å². The van der Waals surface area contributed by atoms with Crippen molar-refractivity contribution in [2.75, 3.05) is 7.11 Å². The second-order valence-electron chi connectivity index (χ2n) is 6.59. The van der Waals surface area contributed by atoms with Crippen LogP contribution in [0.25, 0.3) is 11.3 Å². The lowest BCUT2D eigenvalue weighted by atomic mass is 9.83. The molecule has 2 aromatic carbocycles. The lowest BCUT2D eigenvalue weighted by molar-refractivity contribution is -0.137. The molecule has 0 amide bonds. The highest BCUT2D eigenvalue weighted by Gasteiger charge is 2.36. The molecule has 0 saturated carbocycles. The number of nitrogens with two attached hydrogens (primary N) is 1. The molecular weight excluding hydrogens is 397 g/mol. The molecular formula is C21H15F3N4O2. The number of nitrogens with zero attached hydrogens (tertiary/aromatic N) is 2. The molecule has 3 aromatic rings. The van der Waals surface area contributed by atoms with E-state index in [1.165, 1.54) is 12.1 Å². The Kier molecular flexibility index (Phi) is 4.62. The maximum absolute atomic E-state index is 13.0. The number of allylic oxidation sites excluding steroid dienone is 1. The van der Waals surface area contributed by atoms with E-state index in [1.807, 2.05) is 6.07 Å². The topological polar surface area (TPSA) is 97.0 Å². The Hall–Kier alpha value is -3.93. The van der Waals surface area contributed by atoms with Crippen LogP contribution in [0.1, 0.15) is 22.6 Å². The van der Waals surface area contributed by atoms with Crippen molar-refractivity contribution in [3.8, 4) is 29.0 Å². The molecule has 4 rings (SSSR count). The van der Waals surface area contributed by atoms with Gasteiger partial charge in [-0.05, 0) is 42.0 Å². The van der Waals surface area contributed by atoms with E-state index in [4.69, 9.17) is 15.2 Å². The van der Waals surface area contributed by atoms with E-state index in [0.29, 0.717) is 22.6 Å². The summed E-state index contributed by atoms with van der Waals surface area (Å²) in [4.78, 5) is 0. The lowest BCUT2D eigenvalue weighted by Crippen LogP contribution is -2.21. The molecule has 2 heterocycles. The van der Waals surface area contributed by atoms with Gasteiger partial charge in [0.1, 0.15) is 17.4 Å². The number of benzene rings is 2. The van der Waals surface area contributed by atoms with Crippen LogP contribution in [0, 0.1) is 11.3 Å². The van der Waals surface area contributed by atoms with Crippen LogP contribution < -0.4 is 15.2 Å². The van der Waals surface area contributed by atoms with Crippen molar-refractivity contribution in [1.82, 2.24) is 10.2 Å². The number of nitrogens with one attached hydrogen (secondary N) is 1. The van der Waals surface area contributed by atoms with Crippen molar-refractivity contribution in [2.24, 2.45) is 5.73 Å². The summed E-state index contributed by atoms with van der Waals surface area (Å²) < 4.78 is 49.6. The van der Waals surface area contributed by atoms with Crippen LogP contribution in [-0.2, 0) is 6.18 Å². The molecule has 3 N–H and O–H groups in total. The normalized spacial score (nSPS) is 15.9. The maximum atomic E-state index is 13.0. The molecule has 1 atom stereocenters. The molecule has 0 fully saturated rings. The SMILES string of the molecule is COc1ccc(-c2[nH]nc3c2[C@H](c2ccc(C(F)(F)F)cc2)C(C#N)=C(N)O3)cc1. The van der Waals surface area contributed by atoms with Gasteiger partial charge in [-0.25, -0.2) is 0 Å². The fraction of sp³-hybridized carbons (Fsp3) is 0.143. The van der Waals surface area contributed by atoms with Gasteiger partial charge in [-0.1, -0.05) is 12.1 Å². The summed E-state index contributed by atoms with van der Waals surface area (Å²) in [6.45, 7) is 0. The highest BCUT2D eigenvalue weighted by Crippen LogP contribution is 2.46. The summed E-state index contributed by atoms with van der Waals surface area (Å²) in [5.74, 6) is -0.0497. The first-order chi connectivity index (χ1) is 14.3. The van der Waals surface area contributed by atoms with Gasteiger partial charge in [-0.2, -0.15) is 18.4 Å². The summed E-state index contributed by atoms with van der Waals surface area (Å²) in [5.41, 5.74) is 7.50. The molecule has 0 bridgehead atoms. The van der Waals surface area contributed by atoms with Crippen LogP contribution >= 0.6 is 0 Å². The highest BCUT2D eigenvalue weighted by molar-refractivity contribution is 5.71. The van der Waals surface area contributed by atoms with E-state index in [-0.39, 0.29) is 17.3 Å². The van der Waals surface area contributed by atoms with Crippen LogP contribution in [-0.4, -0.2) is 17.3 Å². The lowest BCUT2D eigenvalue weighted by Gasteiger charge is -2.24. The number of methoxy groups -OCH3 is 1. The first kappa shape index (κ1) is 19.4. The molecule has 0 radical (unpaired) electrons. The molecule has 152 valence electrons. The number of alkyl halides is 3. The number of aromatic amines is 1. The minimum atomic E-state index is -4.46. The predicted molar refractivity (Wildman–Crippen MR) is 101 cm³/mol. The van der Waals surface area contributed by atoms with Crippen molar-refractivity contribution in [2.45, 2.75) is 12.1 Å². The largest absolute Gasteiger partial charge is 0.497 e. The van der Waals surface area contributed by atoms with Gasteiger partial charge in [0, 0.05) is 5.56 Å². The number of nitriles is 1. The van der Waals surface area contributed by atoms with Crippen LogP contribution in [0.15, 0.2) is 60.0 Å². The molecule has 6 nitrogen and oxygen atoms in total. The van der Waals surface area contributed by atoms with E-state index >= 15 is 0 Å². The average molecular weight is 412 g/mol. The number of halogens is 3. The summed E-state index contributed by atoms with van der Waals surface area (Å²) in [6.07, 6.45) is -4.46. The summed E-state index contributed by atoms with van der Waals surface area (Å²) >= 11 is 0. The quantitative estimate of drug-likeness (QED) is 0.668. The van der Waals surface area contributed by atoms with Crippen molar-refractivity contribution >= 4 is 0 Å². The minimum Gasteiger partial charge on any atom is -0.497 e. The fourth-order valence-electron chi connectivity index (χ4n) is 3.42. The number of H-pyrrole nitrogens is 1. The monoisotopic (exact) mass is 412 g/mol. The van der Waals surface area contributed by atoms with Gasteiger partial charge in [0.05, 0.1) is 29.8 Å². The molecule has 9 heteroatoms. The number of hydrogen-bond donors (Lipinski definition) is 2. The second kappa shape index (κ2) is 7.15. The number of fused-ring (bicyclic) bond motifs is 1. The Morgan fingerprint density at radius 2 is 1.80 bits per heavy atom. The third-order valence-corrected chi connectivity index (χ3v) is 4.89. The number of aromatic nitrogens is 2. The van der Waals surface area contributed by atoms with Gasteiger partial charge < -0.3 is 15.2 Å². The minimum absolute atomic E-state index is 0.0958. The summed E-state index contributed by atoms with van der Waals surface area (Å²) in [6, 6.07) is 13.7. The summed E-state index contributed by atoms with van der Waals surface area (Å²) in [7, 11) is 1.55. The van der Waals surface area contributed by atoms with E-state index in [2.05, 4.69) is 10.2 Å². The van der Waals surface area contributed by atoms with Gasteiger partial charge in [0.15, 0.2) is 0 Å². The fourth-order valence-corrected chi connectivity index (χ4v) is 3.42. The second-order valence-corrected chi connectivity index (χ2v) is 6.59. The van der Waals surface area contributed by atoms with Crippen molar-refractivity contribution in [3.63, 3.8) is 0 Å². The van der Waals surface area contributed by atoms with E-state index < -0.39 is 17.7 Å². The summed E-state index contributed by atoms with van der Waals surface area (Å²) in [5, 5.41) is 16.7. The number of rotatable bonds is 3. The molecule has 0 unspecified atom stereocenters. The van der Waals surface area contributed by atoms with Crippen molar-refractivity contribution in [1.29, 1.82) is 5.26 Å². The van der Waals surface area contributed by atoms with E-state index in [1.54, 1.807) is 31.4 Å². The first-order valence-corrected chi connectivity index (χ1v) is 8.81. The Morgan fingerprint density at radius 3 is 2.37 bits per heavy atom. The Bertz CT molecular complexity index is 1160. The zero-order valence-corrected chi connectivity index (χ0v) is 15.6. The Morgan fingerprint density at radius 1 is 1.13 bits per heavy atom. The molecule has 1 aliphatic rings. The molecule has 0 saturated heterocycles. The zero-order chi connectivity index (χ0) is 21.5. The number of ether oxygens (including phenoxy) is 2. The average Bonchev–Trinajstić information content (AvgIpc) is 3.15. The Balaban J connectivity index is 1.86. The third kappa shape index (κ3) is 3.22. The molecule has 1 aromatic heterocycles. The van der Waals surface area contributed by atoms with Crippen LogP contribution in [0.4, 0.5) is 13.2 Å². The van der Waals surface area contributed by atoms with E-state index in [0.717, 1.165) is 17.7 Å². The number of hydrogen-bond acceptors (Lipinski definition) is 5. The van der Waals surface area contributed by atoms with Crippen LogP contribution in [0.5, 0.6) is 11.6 Å². The Labute approximate surface area is 169 Å². The third-order valence-electron chi connectivity index (χ3n) is 4.89. The standard InChI is InChI=1S/C21H15F3N4O2/c1-29-14-8-4-12(5-9-14)18-17-16(11-2-6-13(7-3-11)21(22,23)24)15(10-25)19(26)30-20(17)28-27-18/h2-9,16H,26H2,1H3,(H,27,28)/t16-/m1/s1. The van der Waals surface area contributed by atoms with Crippen molar-refractivity contribution in [3.05, 3.63) is 76.7 Å². The van der Waals surface area contributed by atoms with Crippen LogP contribution in [0.2, 0.25) is 0 Å². The van der Waals surface area contributed by atoms with Gasteiger partial charge in [-0.3, -0.25) is 5.10 Å².